The summed E-state index contributed by atoms with van der Waals surface area (Å²) in [4.78, 5) is 34.8. The van der Waals surface area contributed by atoms with Crippen LogP contribution in [0.4, 0.5) is 4.79 Å². The molecule has 22 heavy (non-hydrogen) atoms. The SMILES string of the molecule is CC(C)Oc1ccc(/C=C2/NC(=O)N(CC(=O)O)C2=O)cc1. The molecule has 0 unspecified atom stereocenters. The van der Waals surface area contributed by atoms with Gasteiger partial charge in [0.1, 0.15) is 18.0 Å². The molecule has 0 spiro atoms. The number of carboxylic acid groups (broad SMARTS) is 1. The van der Waals surface area contributed by atoms with E-state index in [9.17, 15) is 14.4 Å². The number of carbonyl (C=O) groups is 3. The van der Waals surface area contributed by atoms with Gasteiger partial charge in [0.25, 0.3) is 5.91 Å². The first-order valence-corrected chi connectivity index (χ1v) is 6.70. The summed E-state index contributed by atoms with van der Waals surface area (Å²) in [5.41, 5.74) is 0.737. The summed E-state index contributed by atoms with van der Waals surface area (Å²) < 4.78 is 5.51. The van der Waals surface area contributed by atoms with Gasteiger partial charge in [-0.05, 0) is 37.6 Å². The van der Waals surface area contributed by atoms with Gasteiger partial charge in [-0.3, -0.25) is 9.59 Å². The Morgan fingerprint density at radius 2 is 1.95 bits per heavy atom. The number of hydrogen-bond acceptors (Lipinski definition) is 4. The number of nitrogens with zero attached hydrogens (tertiary/aromatic N) is 1. The lowest BCUT2D eigenvalue weighted by molar-refractivity contribution is -0.140. The van der Waals surface area contributed by atoms with Crippen molar-refractivity contribution in [2.45, 2.75) is 20.0 Å². The van der Waals surface area contributed by atoms with Gasteiger partial charge in [-0.25, -0.2) is 9.69 Å². The number of carboxylic acids is 1. The number of nitrogens with one attached hydrogen (secondary N) is 1. The van der Waals surface area contributed by atoms with Crippen molar-refractivity contribution in [2.75, 3.05) is 6.54 Å². The highest BCUT2D eigenvalue weighted by Crippen LogP contribution is 2.18. The van der Waals surface area contributed by atoms with Crippen LogP contribution in [-0.4, -0.2) is 40.6 Å². The minimum atomic E-state index is -1.25. The number of hydrogen-bond donors (Lipinski definition) is 2. The van der Waals surface area contributed by atoms with Crippen molar-refractivity contribution in [2.24, 2.45) is 0 Å². The maximum absolute atomic E-state index is 12.0. The lowest BCUT2D eigenvalue weighted by atomic mass is 10.2. The quantitative estimate of drug-likeness (QED) is 0.634. The van der Waals surface area contributed by atoms with Gasteiger partial charge in [0.15, 0.2) is 0 Å². The Morgan fingerprint density at radius 1 is 1.32 bits per heavy atom. The van der Waals surface area contributed by atoms with Gasteiger partial charge in [-0.15, -0.1) is 0 Å². The van der Waals surface area contributed by atoms with Crippen LogP contribution >= 0.6 is 0 Å². The Hall–Kier alpha value is -2.83. The van der Waals surface area contributed by atoms with Gasteiger partial charge in [0, 0.05) is 0 Å². The molecular formula is C15H16N2O5. The van der Waals surface area contributed by atoms with Crippen LogP contribution in [0.25, 0.3) is 6.08 Å². The number of imide groups is 1. The lowest BCUT2D eigenvalue weighted by Gasteiger charge is -2.09. The Kier molecular flexibility index (Phi) is 4.45. The fourth-order valence-electron chi connectivity index (χ4n) is 1.93. The molecule has 1 aliphatic rings. The Morgan fingerprint density at radius 3 is 2.50 bits per heavy atom. The van der Waals surface area contributed by atoms with Gasteiger partial charge >= 0.3 is 12.0 Å². The Bertz CT molecular complexity index is 634. The van der Waals surface area contributed by atoms with Gasteiger partial charge < -0.3 is 15.2 Å². The van der Waals surface area contributed by atoms with Gasteiger partial charge in [-0.1, -0.05) is 12.1 Å². The minimum absolute atomic E-state index is 0.0452. The Labute approximate surface area is 127 Å². The molecule has 116 valence electrons. The number of benzene rings is 1. The normalized spacial score (nSPS) is 16.3. The molecule has 1 fully saturated rings. The first-order valence-electron chi connectivity index (χ1n) is 6.70. The van der Waals surface area contributed by atoms with E-state index >= 15 is 0 Å². The van der Waals surface area contributed by atoms with E-state index in [2.05, 4.69) is 5.32 Å². The highest BCUT2D eigenvalue weighted by Gasteiger charge is 2.34. The first kappa shape index (κ1) is 15.6. The average Bonchev–Trinajstić information content (AvgIpc) is 2.68. The highest BCUT2D eigenvalue weighted by atomic mass is 16.5. The maximum atomic E-state index is 12.0. The van der Waals surface area contributed by atoms with E-state index in [0.29, 0.717) is 16.2 Å². The van der Waals surface area contributed by atoms with E-state index in [1.54, 1.807) is 24.3 Å². The molecule has 0 saturated carbocycles. The summed E-state index contributed by atoms with van der Waals surface area (Å²) in [6.45, 7) is 3.17. The standard InChI is InChI=1S/C15H16N2O5/c1-9(2)22-11-5-3-10(4-6-11)7-12-14(20)17(8-13(18)19)15(21)16-12/h3-7,9H,8H2,1-2H3,(H,16,21)(H,18,19)/b12-7+. The fraction of sp³-hybridized carbons (Fsp3) is 0.267. The molecule has 2 rings (SSSR count). The molecule has 2 N–H and O–H groups in total. The third-order valence-electron chi connectivity index (χ3n) is 2.82. The third-order valence-corrected chi connectivity index (χ3v) is 2.82. The fourth-order valence-corrected chi connectivity index (χ4v) is 1.93. The van der Waals surface area contributed by atoms with E-state index < -0.39 is 24.5 Å². The van der Waals surface area contributed by atoms with Crippen molar-refractivity contribution >= 4 is 24.0 Å². The van der Waals surface area contributed by atoms with Crippen LogP contribution in [0.15, 0.2) is 30.0 Å². The van der Waals surface area contributed by atoms with E-state index in [1.165, 1.54) is 6.08 Å². The molecule has 3 amide bonds. The molecule has 0 aliphatic carbocycles. The second-order valence-electron chi connectivity index (χ2n) is 5.01. The summed E-state index contributed by atoms with van der Waals surface area (Å²) in [7, 11) is 0. The second kappa shape index (κ2) is 6.30. The molecular weight excluding hydrogens is 288 g/mol. The third kappa shape index (κ3) is 3.63. The summed E-state index contributed by atoms with van der Waals surface area (Å²) in [6.07, 6.45) is 1.55. The molecule has 0 bridgehead atoms. The van der Waals surface area contributed by atoms with Crippen molar-refractivity contribution < 1.29 is 24.2 Å². The zero-order chi connectivity index (χ0) is 16.3. The number of amides is 3. The van der Waals surface area contributed by atoms with Crippen LogP contribution in [-0.2, 0) is 9.59 Å². The van der Waals surface area contributed by atoms with Crippen molar-refractivity contribution in [1.82, 2.24) is 10.2 Å². The predicted molar refractivity (Wildman–Crippen MR) is 78.1 cm³/mol. The number of urea groups is 1. The zero-order valence-electron chi connectivity index (χ0n) is 12.2. The zero-order valence-corrected chi connectivity index (χ0v) is 12.2. The van der Waals surface area contributed by atoms with Crippen LogP contribution in [0.1, 0.15) is 19.4 Å². The molecule has 1 saturated heterocycles. The monoisotopic (exact) mass is 304 g/mol. The minimum Gasteiger partial charge on any atom is -0.491 e. The average molecular weight is 304 g/mol. The molecule has 1 aliphatic heterocycles. The summed E-state index contributed by atoms with van der Waals surface area (Å²) in [5.74, 6) is -1.21. The van der Waals surface area contributed by atoms with Crippen LogP contribution in [0.2, 0.25) is 0 Å². The molecule has 1 aromatic rings. The Balaban J connectivity index is 2.14. The summed E-state index contributed by atoms with van der Waals surface area (Å²) in [5, 5.41) is 11.0. The number of aliphatic carboxylic acids is 1. The molecule has 1 aromatic carbocycles. The smallest absolute Gasteiger partial charge is 0.329 e. The van der Waals surface area contributed by atoms with E-state index in [0.717, 1.165) is 0 Å². The largest absolute Gasteiger partial charge is 0.491 e. The number of ether oxygens (including phenoxy) is 1. The van der Waals surface area contributed by atoms with E-state index in [-0.39, 0.29) is 11.8 Å². The van der Waals surface area contributed by atoms with Crippen molar-refractivity contribution in [3.8, 4) is 5.75 Å². The lowest BCUT2D eigenvalue weighted by Crippen LogP contribution is -2.35. The molecule has 0 aromatic heterocycles. The van der Waals surface area contributed by atoms with Gasteiger partial charge in [-0.2, -0.15) is 0 Å². The van der Waals surface area contributed by atoms with Crippen LogP contribution in [0, 0.1) is 0 Å². The predicted octanol–water partition coefficient (Wildman–Crippen LogP) is 1.45. The molecule has 0 radical (unpaired) electrons. The topological polar surface area (TPSA) is 95.9 Å². The summed E-state index contributed by atoms with van der Waals surface area (Å²) >= 11 is 0. The van der Waals surface area contributed by atoms with Gasteiger partial charge in [0.2, 0.25) is 0 Å². The van der Waals surface area contributed by atoms with Gasteiger partial charge in [0.05, 0.1) is 6.10 Å². The molecule has 1 heterocycles. The molecule has 7 heteroatoms. The second-order valence-corrected chi connectivity index (χ2v) is 5.01. The number of rotatable bonds is 5. The van der Waals surface area contributed by atoms with E-state index in [4.69, 9.17) is 9.84 Å². The summed E-state index contributed by atoms with van der Waals surface area (Å²) in [6, 6.07) is 6.25. The van der Waals surface area contributed by atoms with Crippen LogP contribution in [0.3, 0.4) is 0 Å². The van der Waals surface area contributed by atoms with Crippen molar-refractivity contribution in [3.63, 3.8) is 0 Å². The van der Waals surface area contributed by atoms with Crippen molar-refractivity contribution in [1.29, 1.82) is 0 Å². The van der Waals surface area contributed by atoms with E-state index in [1.807, 2.05) is 13.8 Å². The van der Waals surface area contributed by atoms with Crippen LogP contribution in [0.5, 0.6) is 5.75 Å². The maximum Gasteiger partial charge on any atom is 0.329 e. The van der Waals surface area contributed by atoms with Crippen LogP contribution < -0.4 is 10.1 Å². The number of carbonyl (C=O) groups excluding carboxylic acids is 2. The highest BCUT2D eigenvalue weighted by molar-refractivity contribution is 6.15. The molecule has 0 atom stereocenters. The first-order chi connectivity index (χ1) is 10.4. The molecule has 7 nitrogen and oxygen atoms in total. The van der Waals surface area contributed by atoms with Crippen molar-refractivity contribution in [3.05, 3.63) is 35.5 Å².